The SMILES string of the molecule is CC(C)OCC1CN(CC2(O)CCN(Cc3ccccc3)C2)CCO1. The number of likely N-dealkylation sites (tertiary alicyclic amines) is 1. The Morgan fingerprint density at radius 2 is 2.04 bits per heavy atom. The van der Waals surface area contributed by atoms with Gasteiger partial charge in [0.15, 0.2) is 0 Å². The zero-order valence-electron chi connectivity index (χ0n) is 15.6. The number of hydrogen-bond acceptors (Lipinski definition) is 5. The number of morpholine rings is 1. The number of hydrogen-bond donors (Lipinski definition) is 1. The first kappa shape index (κ1) is 18.8. The van der Waals surface area contributed by atoms with Crippen LogP contribution >= 0.6 is 0 Å². The van der Waals surface area contributed by atoms with E-state index in [1.165, 1.54) is 5.56 Å². The first-order valence-electron chi connectivity index (χ1n) is 9.47. The van der Waals surface area contributed by atoms with E-state index in [4.69, 9.17) is 9.47 Å². The second kappa shape index (κ2) is 8.60. The molecule has 2 aliphatic rings. The first-order valence-corrected chi connectivity index (χ1v) is 9.47. The van der Waals surface area contributed by atoms with Crippen molar-refractivity contribution in [1.82, 2.24) is 9.80 Å². The van der Waals surface area contributed by atoms with Crippen LogP contribution in [0.5, 0.6) is 0 Å². The van der Waals surface area contributed by atoms with Crippen molar-refractivity contribution >= 4 is 0 Å². The summed E-state index contributed by atoms with van der Waals surface area (Å²) in [5.74, 6) is 0. The second-order valence-electron chi connectivity index (χ2n) is 7.78. The molecule has 5 nitrogen and oxygen atoms in total. The smallest absolute Gasteiger partial charge is 0.0935 e. The van der Waals surface area contributed by atoms with Crippen LogP contribution in [0.3, 0.4) is 0 Å². The Balaban J connectivity index is 1.47. The second-order valence-corrected chi connectivity index (χ2v) is 7.78. The topological polar surface area (TPSA) is 45.2 Å². The average Bonchev–Trinajstić information content (AvgIpc) is 2.94. The molecule has 0 radical (unpaired) electrons. The minimum absolute atomic E-state index is 0.113. The van der Waals surface area contributed by atoms with Crippen LogP contribution in [0.2, 0.25) is 0 Å². The van der Waals surface area contributed by atoms with Crippen LogP contribution in [0.4, 0.5) is 0 Å². The molecule has 2 atom stereocenters. The quantitative estimate of drug-likeness (QED) is 0.813. The lowest BCUT2D eigenvalue weighted by molar-refractivity contribution is -0.0949. The van der Waals surface area contributed by atoms with Gasteiger partial charge in [-0.1, -0.05) is 30.3 Å². The molecule has 1 aromatic rings. The average molecular weight is 348 g/mol. The van der Waals surface area contributed by atoms with Crippen LogP contribution in [0, 0.1) is 0 Å². The maximum atomic E-state index is 11.0. The normalized spacial score (nSPS) is 28.7. The van der Waals surface area contributed by atoms with E-state index in [9.17, 15) is 5.11 Å². The molecule has 2 fully saturated rings. The highest BCUT2D eigenvalue weighted by Crippen LogP contribution is 2.25. The molecule has 0 bridgehead atoms. The lowest BCUT2D eigenvalue weighted by Gasteiger charge is -2.37. The molecule has 2 saturated heterocycles. The van der Waals surface area contributed by atoms with E-state index in [-0.39, 0.29) is 12.2 Å². The van der Waals surface area contributed by atoms with E-state index in [0.29, 0.717) is 6.61 Å². The summed E-state index contributed by atoms with van der Waals surface area (Å²) in [5.41, 5.74) is 0.694. The summed E-state index contributed by atoms with van der Waals surface area (Å²) < 4.78 is 11.5. The van der Waals surface area contributed by atoms with Crippen molar-refractivity contribution in [2.24, 2.45) is 0 Å². The Morgan fingerprint density at radius 1 is 1.24 bits per heavy atom. The largest absolute Gasteiger partial charge is 0.387 e. The molecule has 0 aliphatic carbocycles. The zero-order chi connectivity index (χ0) is 17.7. The van der Waals surface area contributed by atoms with E-state index in [1.807, 2.05) is 19.9 Å². The summed E-state index contributed by atoms with van der Waals surface area (Å²) in [6.45, 7) is 10.5. The molecule has 2 unspecified atom stereocenters. The fraction of sp³-hybridized carbons (Fsp3) is 0.700. The summed E-state index contributed by atoms with van der Waals surface area (Å²) in [5, 5.41) is 11.0. The summed E-state index contributed by atoms with van der Waals surface area (Å²) in [6, 6.07) is 10.5. The van der Waals surface area contributed by atoms with Crippen LogP contribution in [-0.4, -0.2) is 78.7 Å². The summed E-state index contributed by atoms with van der Waals surface area (Å²) >= 11 is 0. The predicted octanol–water partition coefficient (Wildman–Crippen LogP) is 1.75. The van der Waals surface area contributed by atoms with E-state index in [0.717, 1.165) is 52.3 Å². The van der Waals surface area contributed by atoms with Gasteiger partial charge in [0.1, 0.15) is 0 Å². The van der Waals surface area contributed by atoms with Gasteiger partial charge in [-0.2, -0.15) is 0 Å². The van der Waals surface area contributed by atoms with Crippen LogP contribution in [0.1, 0.15) is 25.8 Å². The molecule has 25 heavy (non-hydrogen) atoms. The zero-order valence-corrected chi connectivity index (χ0v) is 15.6. The highest BCUT2D eigenvalue weighted by atomic mass is 16.5. The van der Waals surface area contributed by atoms with E-state index in [1.54, 1.807) is 0 Å². The van der Waals surface area contributed by atoms with Gasteiger partial charge < -0.3 is 14.6 Å². The maximum absolute atomic E-state index is 11.0. The maximum Gasteiger partial charge on any atom is 0.0935 e. The molecule has 0 amide bonds. The number of rotatable bonds is 7. The van der Waals surface area contributed by atoms with E-state index < -0.39 is 5.60 Å². The van der Waals surface area contributed by atoms with Crippen molar-refractivity contribution in [3.63, 3.8) is 0 Å². The van der Waals surface area contributed by atoms with E-state index >= 15 is 0 Å². The molecule has 0 aromatic heterocycles. The number of β-amino-alcohol motifs (C(OH)–C–C–N with tert-alkyl or cyclic N) is 1. The molecule has 0 saturated carbocycles. The predicted molar refractivity (Wildman–Crippen MR) is 98.6 cm³/mol. The lowest BCUT2D eigenvalue weighted by Crippen LogP contribution is -2.52. The standard InChI is InChI=1S/C20H32N2O3/c1-17(2)25-14-19-13-22(10-11-24-19)16-20(23)8-9-21(15-20)12-18-6-4-3-5-7-18/h3-7,17,19,23H,8-16H2,1-2H3. The molecular formula is C20H32N2O3. The summed E-state index contributed by atoms with van der Waals surface area (Å²) in [7, 11) is 0. The number of nitrogens with zero attached hydrogens (tertiary/aromatic N) is 2. The molecule has 2 heterocycles. The van der Waals surface area contributed by atoms with Crippen molar-refractivity contribution in [3.8, 4) is 0 Å². The fourth-order valence-corrected chi connectivity index (χ4v) is 3.79. The first-order chi connectivity index (χ1) is 12.0. The highest BCUT2D eigenvalue weighted by molar-refractivity contribution is 5.15. The molecule has 0 spiro atoms. The number of ether oxygens (including phenoxy) is 2. The van der Waals surface area contributed by atoms with Crippen molar-refractivity contribution in [3.05, 3.63) is 35.9 Å². The minimum atomic E-state index is -0.616. The molecule has 5 heteroatoms. The van der Waals surface area contributed by atoms with Crippen LogP contribution in [0.15, 0.2) is 30.3 Å². The third-order valence-corrected chi connectivity index (χ3v) is 5.02. The lowest BCUT2D eigenvalue weighted by atomic mass is 10.0. The third kappa shape index (κ3) is 5.76. The fourth-order valence-electron chi connectivity index (χ4n) is 3.79. The molecule has 1 aromatic carbocycles. The van der Waals surface area contributed by atoms with Crippen LogP contribution < -0.4 is 0 Å². The minimum Gasteiger partial charge on any atom is -0.387 e. The van der Waals surface area contributed by atoms with Crippen molar-refractivity contribution in [2.45, 2.75) is 44.6 Å². The molecule has 2 aliphatic heterocycles. The van der Waals surface area contributed by atoms with Gasteiger partial charge in [-0.25, -0.2) is 0 Å². The van der Waals surface area contributed by atoms with Crippen molar-refractivity contribution in [2.75, 3.05) is 45.9 Å². The van der Waals surface area contributed by atoms with Gasteiger partial charge in [-0.05, 0) is 25.8 Å². The third-order valence-electron chi connectivity index (χ3n) is 5.02. The van der Waals surface area contributed by atoms with Crippen LogP contribution in [-0.2, 0) is 16.0 Å². The molecular weight excluding hydrogens is 316 g/mol. The Bertz CT molecular complexity index is 525. The monoisotopic (exact) mass is 348 g/mol. The Kier molecular flexibility index (Phi) is 6.47. The Hall–Kier alpha value is -0.980. The van der Waals surface area contributed by atoms with Gasteiger partial charge >= 0.3 is 0 Å². The van der Waals surface area contributed by atoms with Gasteiger partial charge in [0.25, 0.3) is 0 Å². The Labute approximate surface area is 151 Å². The van der Waals surface area contributed by atoms with Gasteiger partial charge in [-0.15, -0.1) is 0 Å². The number of benzene rings is 1. The Morgan fingerprint density at radius 3 is 2.80 bits per heavy atom. The highest BCUT2D eigenvalue weighted by Gasteiger charge is 2.38. The van der Waals surface area contributed by atoms with Gasteiger partial charge in [0.05, 0.1) is 31.0 Å². The van der Waals surface area contributed by atoms with Gasteiger partial charge in [-0.3, -0.25) is 9.80 Å². The summed E-state index contributed by atoms with van der Waals surface area (Å²) in [4.78, 5) is 4.69. The summed E-state index contributed by atoms with van der Waals surface area (Å²) in [6.07, 6.45) is 1.18. The number of aliphatic hydroxyl groups is 1. The molecule has 1 N–H and O–H groups in total. The van der Waals surface area contributed by atoms with E-state index in [2.05, 4.69) is 34.1 Å². The molecule has 3 rings (SSSR count). The van der Waals surface area contributed by atoms with Gasteiger partial charge in [0, 0.05) is 39.3 Å². The van der Waals surface area contributed by atoms with Crippen molar-refractivity contribution in [1.29, 1.82) is 0 Å². The van der Waals surface area contributed by atoms with Gasteiger partial charge in [0.2, 0.25) is 0 Å². The molecule has 140 valence electrons. The van der Waals surface area contributed by atoms with Crippen molar-refractivity contribution < 1.29 is 14.6 Å². The van der Waals surface area contributed by atoms with Crippen LogP contribution in [0.25, 0.3) is 0 Å².